The first-order valence-electron chi connectivity index (χ1n) is 8.70. The number of nitrogens with zero attached hydrogens (tertiary/aromatic N) is 1. The minimum atomic E-state index is -3.98. The molecule has 2 aromatic carbocycles. The summed E-state index contributed by atoms with van der Waals surface area (Å²) in [4.78, 5) is 14.3. The minimum absolute atomic E-state index is 0.0675. The van der Waals surface area contributed by atoms with Crippen LogP contribution in [0.4, 0.5) is 5.69 Å². The Morgan fingerprint density at radius 1 is 1.14 bits per heavy atom. The Balaban J connectivity index is 1.97. The van der Waals surface area contributed by atoms with E-state index in [1.54, 1.807) is 23.1 Å². The zero-order valence-electron chi connectivity index (χ0n) is 15.9. The quantitative estimate of drug-likeness (QED) is 0.792. The summed E-state index contributed by atoms with van der Waals surface area (Å²) in [6, 6.07) is 9.12. The van der Waals surface area contributed by atoms with Gasteiger partial charge in [-0.05, 0) is 37.3 Å². The van der Waals surface area contributed by atoms with Gasteiger partial charge in [0.2, 0.25) is 0 Å². The lowest BCUT2D eigenvalue weighted by molar-refractivity contribution is 0.0765. The van der Waals surface area contributed by atoms with Crippen LogP contribution in [0.1, 0.15) is 17.3 Å². The van der Waals surface area contributed by atoms with Gasteiger partial charge < -0.3 is 19.1 Å². The van der Waals surface area contributed by atoms with Gasteiger partial charge in [-0.1, -0.05) is 0 Å². The molecule has 1 aliphatic rings. The fraction of sp³-hybridized carbons (Fsp3) is 0.316. The third-order valence-electron chi connectivity index (χ3n) is 4.41. The lowest BCUT2D eigenvalue weighted by atomic mass is 10.1. The van der Waals surface area contributed by atoms with Crippen molar-refractivity contribution in [1.82, 2.24) is 4.90 Å². The van der Waals surface area contributed by atoms with Gasteiger partial charge in [-0.15, -0.1) is 0 Å². The number of ether oxygens (including phenoxy) is 3. The van der Waals surface area contributed by atoms with Crippen LogP contribution in [0.2, 0.25) is 0 Å². The van der Waals surface area contributed by atoms with Crippen molar-refractivity contribution in [3.63, 3.8) is 0 Å². The van der Waals surface area contributed by atoms with Gasteiger partial charge in [0, 0.05) is 18.3 Å². The van der Waals surface area contributed by atoms with E-state index in [0.717, 1.165) is 0 Å². The number of likely N-dealkylation sites (N-methyl/N-ethyl adjacent to an activating group) is 1. The molecule has 0 radical (unpaired) electrons. The van der Waals surface area contributed by atoms with Gasteiger partial charge in [-0.25, -0.2) is 8.42 Å². The van der Waals surface area contributed by atoms with E-state index in [0.29, 0.717) is 36.8 Å². The van der Waals surface area contributed by atoms with Gasteiger partial charge in [-0.2, -0.15) is 0 Å². The molecule has 1 N–H and O–H groups in total. The number of amides is 1. The minimum Gasteiger partial charge on any atom is -0.497 e. The van der Waals surface area contributed by atoms with Gasteiger partial charge in [0.25, 0.3) is 15.9 Å². The Bertz CT molecular complexity index is 990. The zero-order chi connectivity index (χ0) is 20.3. The molecule has 0 bridgehead atoms. The summed E-state index contributed by atoms with van der Waals surface area (Å²) >= 11 is 0. The third-order valence-corrected chi connectivity index (χ3v) is 5.81. The van der Waals surface area contributed by atoms with E-state index in [2.05, 4.69) is 4.72 Å². The third kappa shape index (κ3) is 3.84. The average Bonchev–Trinajstić information content (AvgIpc) is 2.85. The molecule has 0 atom stereocenters. The van der Waals surface area contributed by atoms with E-state index < -0.39 is 10.0 Å². The average molecular weight is 406 g/mol. The second kappa shape index (κ2) is 7.97. The first-order valence-corrected chi connectivity index (χ1v) is 10.2. The number of hydrogen-bond acceptors (Lipinski definition) is 6. The number of hydrogen-bond donors (Lipinski definition) is 1. The van der Waals surface area contributed by atoms with Crippen LogP contribution >= 0.6 is 0 Å². The van der Waals surface area contributed by atoms with Crippen molar-refractivity contribution in [2.24, 2.45) is 0 Å². The molecule has 9 heteroatoms. The first-order chi connectivity index (χ1) is 13.4. The highest BCUT2D eigenvalue weighted by Gasteiger charge is 2.25. The zero-order valence-corrected chi connectivity index (χ0v) is 16.7. The lowest BCUT2D eigenvalue weighted by Gasteiger charge is -2.17. The Morgan fingerprint density at radius 2 is 1.93 bits per heavy atom. The van der Waals surface area contributed by atoms with Crippen molar-refractivity contribution >= 4 is 21.6 Å². The standard InChI is InChI=1S/C19H22N2O6S/c1-4-21-9-10-27-16-7-5-13(11-15(16)19(21)22)20-28(23,24)18-12-14(25-2)6-8-17(18)26-3/h5-8,11-12,20H,4,9-10H2,1-3H3. The molecule has 1 aliphatic heterocycles. The summed E-state index contributed by atoms with van der Waals surface area (Å²) in [7, 11) is -1.15. The summed E-state index contributed by atoms with van der Waals surface area (Å²) in [5.74, 6) is 0.794. The Hall–Kier alpha value is -2.94. The number of benzene rings is 2. The number of sulfonamides is 1. The number of fused-ring (bicyclic) bond motifs is 1. The Kier molecular flexibility index (Phi) is 5.64. The monoisotopic (exact) mass is 406 g/mol. The summed E-state index contributed by atoms with van der Waals surface area (Å²) in [6.07, 6.45) is 0. The Labute approximate surface area is 164 Å². The fourth-order valence-electron chi connectivity index (χ4n) is 2.93. The lowest BCUT2D eigenvalue weighted by Crippen LogP contribution is -2.32. The maximum absolute atomic E-state index is 12.9. The van der Waals surface area contributed by atoms with E-state index in [4.69, 9.17) is 14.2 Å². The number of nitrogens with one attached hydrogen (secondary N) is 1. The normalized spacial score (nSPS) is 14.0. The maximum Gasteiger partial charge on any atom is 0.265 e. The predicted molar refractivity (Wildman–Crippen MR) is 104 cm³/mol. The van der Waals surface area contributed by atoms with Crippen molar-refractivity contribution in [1.29, 1.82) is 0 Å². The van der Waals surface area contributed by atoms with E-state index in [9.17, 15) is 13.2 Å². The fourth-order valence-corrected chi connectivity index (χ4v) is 4.16. The van der Waals surface area contributed by atoms with Crippen LogP contribution in [0.3, 0.4) is 0 Å². The molecular weight excluding hydrogens is 384 g/mol. The van der Waals surface area contributed by atoms with Crippen molar-refractivity contribution < 1.29 is 27.4 Å². The molecule has 0 unspecified atom stereocenters. The van der Waals surface area contributed by atoms with Crippen LogP contribution in [0.5, 0.6) is 17.2 Å². The molecule has 3 rings (SSSR count). The van der Waals surface area contributed by atoms with Gasteiger partial charge in [0.05, 0.1) is 26.3 Å². The van der Waals surface area contributed by atoms with Gasteiger partial charge in [0.1, 0.15) is 28.8 Å². The molecule has 0 fully saturated rings. The van der Waals surface area contributed by atoms with E-state index in [1.807, 2.05) is 6.92 Å². The van der Waals surface area contributed by atoms with Crippen molar-refractivity contribution in [2.75, 3.05) is 38.6 Å². The van der Waals surface area contributed by atoms with Crippen molar-refractivity contribution in [3.8, 4) is 17.2 Å². The van der Waals surface area contributed by atoms with Crippen molar-refractivity contribution in [2.45, 2.75) is 11.8 Å². The van der Waals surface area contributed by atoms with Crippen LogP contribution in [0, 0.1) is 0 Å². The highest BCUT2D eigenvalue weighted by molar-refractivity contribution is 7.92. The number of methoxy groups -OCH3 is 2. The maximum atomic E-state index is 12.9. The number of carbonyl (C=O) groups is 1. The van der Waals surface area contributed by atoms with Crippen LogP contribution in [0.15, 0.2) is 41.3 Å². The topological polar surface area (TPSA) is 94.2 Å². The molecule has 0 aliphatic carbocycles. The molecule has 1 amide bonds. The van der Waals surface area contributed by atoms with Gasteiger partial charge in [0.15, 0.2) is 0 Å². The van der Waals surface area contributed by atoms with Crippen LogP contribution in [-0.4, -0.2) is 53.1 Å². The molecule has 0 aromatic heterocycles. The van der Waals surface area contributed by atoms with Crippen molar-refractivity contribution in [3.05, 3.63) is 42.0 Å². The summed E-state index contributed by atoms with van der Waals surface area (Å²) < 4.78 is 44.2. The molecular formula is C19H22N2O6S. The van der Waals surface area contributed by atoms with Crippen LogP contribution in [-0.2, 0) is 10.0 Å². The molecule has 150 valence electrons. The SMILES string of the molecule is CCN1CCOc2ccc(NS(=O)(=O)c3cc(OC)ccc3OC)cc2C1=O. The summed E-state index contributed by atoms with van der Waals surface area (Å²) in [5, 5.41) is 0. The molecule has 0 spiro atoms. The van der Waals surface area contributed by atoms with Crippen LogP contribution < -0.4 is 18.9 Å². The molecule has 0 saturated carbocycles. The number of rotatable bonds is 6. The highest BCUT2D eigenvalue weighted by Crippen LogP contribution is 2.31. The summed E-state index contributed by atoms with van der Waals surface area (Å²) in [5.41, 5.74) is 0.565. The first kappa shape index (κ1) is 19.8. The Morgan fingerprint density at radius 3 is 2.61 bits per heavy atom. The molecule has 1 heterocycles. The van der Waals surface area contributed by atoms with E-state index in [-0.39, 0.29) is 22.2 Å². The smallest absolute Gasteiger partial charge is 0.265 e. The second-order valence-corrected chi connectivity index (χ2v) is 7.72. The number of carbonyl (C=O) groups excluding carboxylic acids is 1. The molecule has 8 nitrogen and oxygen atoms in total. The molecule has 0 saturated heterocycles. The van der Waals surface area contributed by atoms with Gasteiger partial charge >= 0.3 is 0 Å². The summed E-state index contributed by atoms with van der Waals surface area (Å²) in [6.45, 7) is 3.29. The van der Waals surface area contributed by atoms with Crippen LogP contribution in [0.25, 0.3) is 0 Å². The predicted octanol–water partition coefficient (Wildman–Crippen LogP) is 2.36. The van der Waals surface area contributed by atoms with E-state index >= 15 is 0 Å². The largest absolute Gasteiger partial charge is 0.497 e. The highest BCUT2D eigenvalue weighted by atomic mass is 32.2. The second-order valence-electron chi connectivity index (χ2n) is 6.07. The molecule has 28 heavy (non-hydrogen) atoms. The van der Waals surface area contributed by atoms with E-state index in [1.165, 1.54) is 32.4 Å². The van der Waals surface area contributed by atoms with Gasteiger partial charge in [-0.3, -0.25) is 9.52 Å². The number of anilines is 1. The molecule has 2 aromatic rings.